The maximum Gasteiger partial charge on any atom is 0.330 e. The summed E-state index contributed by atoms with van der Waals surface area (Å²) in [4.78, 5) is 11.1. The molecule has 88 valence electrons. The van der Waals surface area contributed by atoms with Gasteiger partial charge in [0.25, 0.3) is 10.1 Å². The molecule has 0 radical (unpaired) electrons. The lowest BCUT2D eigenvalue weighted by molar-refractivity contribution is -0.149. The van der Waals surface area contributed by atoms with E-state index in [1.807, 2.05) is 0 Å². The first-order valence-corrected chi connectivity index (χ1v) is 6.75. The van der Waals surface area contributed by atoms with E-state index in [-0.39, 0.29) is 17.1 Å². The molecule has 0 amide bonds. The topological polar surface area (TPSA) is 69.7 Å². The molecule has 1 aliphatic heterocycles. The summed E-state index contributed by atoms with van der Waals surface area (Å²) in [5, 5.41) is -0.374. The Kier molecular flexibility index (Phi) is 1.98. The molecule has 0 N–H and O–H groups in total. The number of carbonyl (C=O) groups excluding carboxylic acids is 1. The smallest absolute Gasteiger partial charge is 0.330 e. The van der Waals surface area contributed by atoms with Crippen LogP contribution in [0.1, 0.15) is 12.8 Å². The number of carbonyl (C=O) groups is 1. The third-order valence-electron chi connectivity index (χ3n) is 3.83. The number of rotatable bonds is 2. The number of esters is 1. The van der Waals surface area contributed by atoms with Gasteiger partial charge in [0.05, 0.1) is 5.25 Å². The molecule has 5 atom stereocenters. The molecule has 16 heavy (non-hydrogen) atoms. The van der Waals surface area contributed by atoms with Crippen molar-refractivity contribution in [3.05, 3.63) is 12.7 Å². The van der Waals surface area contributed by atoms with Crippen molar-refractivity contribution in [1.29, 1.82) is 0 Å². The van der Waals surface area contributed by atoms with E-state index in [0.717, 1.165) is 12.5 Å². The molecule has 1 heterocycles. The molecule has 3 rings (SSSR count). The van der Waals surface area contributed by atoms with Gasteiger partial charge in [-0.2, -0.15) is 8.42 Å². The maximum absolute atomic E-state index is 11.6. The number of hydrogen-bond acceptors (Lipinski definition) is 5. The minimum atomic E-state index is -3.42. The Morgan fingerprint density at radius 3 is 2.88 bits per heavy atom. The van der Waals surface area contributed by atoms with Crippen LogP contribution in [0, 0.1) is 11.8 Å². The normalized spacial score (nSPS) is 46.9. The van der Waals surface area contributed by atoms with Gasteiger partial charge in [0.15, 0.2) is 0 Å². The van der Waals surface area contributed by atoms with Gasteiger partial charge in [-0.3, -0.25) is 4.18 Å². The van der Waals surface area contributed by atoms with E-state index in [2.05, 4.69) is 6.58 Å². The lowest BCUT2D eigenvalue weighted by Crippen LogP contribution is -2.36. The summed E-state index contributed by atoms with van der Waals surface area (Å²) in [6, 6.07) is 0. The molecule has 5 unspecified atom stereocenters. The van der Waals surface area contributed by atoms with Gasteiger partial charge in [-0.15, -0.1) is 0 Å². The molecular formula is C10H12O5S. The first kappa shape index (κ1) is 10.3. The molecule has 5 nitrogen and oxygen atoms in total. The Morgan fingerprint density at radius 1 is 1.44 bits per heavy atom. The Morgan fingerprint density at radius 2 is 2.19 bits per heavy atom. The predicted molar refractivity (Wildman–Crippen MR) is 53.9 cm³/mol. The molecule has 0 aromatic heterocycles. The van der Waals surface area contributed by atoms with Crippen molar-refractivity contribution < 1.29 is 22.1 Å². The van der Waals surface area contributed by atoms with Crippen LogP contribution in [0.25, 0.3) is 0 Å². The highest BCUT2D eigenvalue weighted by Gasteiger charge is 2.65. The zero-order chi connectivity index (χ0) is 11.5. The lowest BCUT2D eigenvalue weighted by Gasteiger charge is -2.24. The van der Waals surface area contributed by atoms with Crippen LogP contribution in [0.3, 0.4) is 0 Å². The molecule has 0 aromatic carbocycles. The predicted octanol–water partition coefficient (Wildman–Crippen LogP) is 0.221. The fraction of sp³-hybridized carbons (Fsp3) is 0.700. The second-order valence-electron chi connectivity index (χ2n) is 4.59. The summed E-state index contributed by atoms with van der Waals surface area (Å²) in [6.45, 7) is 3.32. The molecule has 2 saturated carbocycles. The minimum Gasteiger partial charge on any atom is -0.456 e. The van der Waals surface area contributed by atoms with Gasteiger partial charge < -0.3 is 4.74 Å². The summed E-state index contributed by atoms with van der Waals surface area (Å²) >= 11 is 0. The van der Waals surface area contributed by atoms with Crippen LogP contribution in [0.4, 0.5) is 0 Å². The van der Waals surface area contributed by atoms with Crippen LogP contribution in [0.2, 0.25) is 0 Å². The monoisotopic (exact) mass is 244 g/mol. The third kappa shape index (κ3) is 1.20. The van der Waals surface area contributed by atoms with Gasteiger partial charge in [0, 0.05) is 17.9 Å². The molecule has 0 aromatic rings. The number of ether oxygens (including phenoxy) is 1. The SMILES string of the molecule is C=CC(=O)OC1C2CC3C1OS(=O)(=O)C3C2. The molecule has 6 heteroatoms. The highest BCUT2D eigenvalue weighted by molar-refractivity contribution is 7.87. The van der Waals surface area contributed by atoms with E-state index in [1.54, 1.807) is 0 Å². The molecule has 3 fully saturated rings. The van der Waals surface area contributed by atoms with E-state index >= 15 is 0 Å². The van der Waals surface area contributed by atoms with Gasteiger partial charge in [-0.05, 0) is 12.8 Å². The van der Waals surface area contributed by atoms with Gasteiger partial charge >= 0.3 is 5.97 Å². The Labute approximate surface area is 93.5 Å². The van der Waals surface area contributed by atoms with Crippen molar-refractivity contribution in [1.82, 2.24) is 0 Å². The Bertz CT molecular complexity index is 454. The highest BCUT2D eigenvalue weighted by Crippen LogP contribution is 2.55. The van der Waals surface area contributed by atoms with Crippen molar-refractivity contribution in [2.75, 3.05) is 0 Å². The van der Waals surface area contributed by atoms with Crippen molar-refractivity contribution in [3.8, 4) is 0 Å². The fourth-order valence-electron chi connectivity index (χ4n) is 3.23. The molecule has 2 bridgehead atoms. The van der Waals surface area contributed by atoms with Crippen LogP contribution >= 0.6 is 0 Å². The van der Waals surface area contributed by atoms with Crippen molar-refractivity contribution in [2.24, 2.45) is 11.8 Å². The zero-order valence-corrected chi connectivity index (χ0v) is 9.35. The van der Waals surface area contributed by atoms with Crippen molar-refractivity contribution in [2.45, 2.75) is 30.3 Å². The van der Waals surface area contributed by atoms with Crippen LogP contribution in [-0.2, 0) is 23.8 Å². The summed E-state index contributed by atoms with van der Waals surface area (Å²) in [5.41, 5.74) is 0. The lowest BCUT2D eigenvalue weighted by atomic mass is 9.94. The van der Waals surface area contributed by atoms with Crippen LogP contribution in [-0.4, -0.2) is 31.8 Å². The molecule has 0 spiro atoms. The average Bonchev–Trinajstić information content (AvgIpc) is 2.81. The maximum atomic E-state index is 11.6. The van der Waals surface area contributed by atoms with Crippen LogP contribution in [0.5, 0.6) is 0 Å². The van der Waals surface area contributed by atoms with E-state index in [9.17, 15) is 13.2 Å². The standard InChI is InChI=1S/C10H12O5S/c1-2-8(11)14-9-5-3-6-7(4-5)16(12,13)15-10(6)9/h2,5-7,9-10H,1,3-4H2. The van der Waals surface area contributed by atoms with Gasteiger partial charge in [0.1, 0.15) is 12.2 Å². The molecule has 1 saturated heterocycles. The largest absolute Gasteiger partial charge is 0.456 e. The summed E-state index contributed by atoms with van der Waals surface area (Å²) in [7, 11) is -3.42. The van der Waals surface area contributed by atoms with Crippen LogP contribution < -0.4 is 0 Å². The fourth-order valence-corrected chi connectivity index (χ4v) is 5.11. The summed E-state index contributed by atoms with van der Waals surface area (Å²) < 4.78 is 33.4. The number of hydrogen-bond donors (Lipinski definition) is 0. The van der Waals surface area contributed by atoms with E-state index < -0.39 is 28.3 Å². The summed E-state index contributed by atoms with van der Waals surface area (Å²) in [6.07, 6.45) is 1.55. The Hall–Kier alpha value is -0.880. The van der Waals surface area contributed by atoms with E-state index in [0.29, 0.717) is 6.42 Å². The first-order chi connectivity index (χ1) is 7.53. The van der Waals surface area contributed by atoms with Crippen molar-refractivity contribution >= 4 is 16.1 Å². The molecular weight excluding hydrogens is 232 g/mol. The molecule has 2 aliphatic carbocycles. The molecule has 3 aliphatic rings. The Balaban J connectivity index is 1.86. The minimum absolute atomic E-state index is 0.0117. The van der Waals surface area contributed by atoms with E-state index in [4.69, 9.17) is 8.92 Å². The quantitative estimate of drug-likeness (QED) is 0.395. The highest BCUT2D eigenvalue weighted by atomic mass is 32.2. The van der Waals surface area contributed by atoms with Gasteiger partial charge in [0.2, 0.25) is 0 Å². The second-order valence-corrected chi connectivity index (χ2v) is 6.38. The van der Waals surface area contributed by atoms with Gasteiger partial charge in [-0.25, -0.2) is 4.79 Å². The third-order valence-corrected chi connectivity index (χ3v) is 5.61. The zero-order valence-electron chi connectivity index (χ0n) is 8.53. The second kappa shape index (κ2) is 3.07. The van der Waals surface area contributed by atoms with Crippen molar-refractivity contribution in [3.63, 3.8) is 0 Å². The first-order valence-electron chi connectivity index (χ1n) is 5.28. The summed E-state index contributed by atoms with van der Waals surface area (Å²) in [5.74, 6) is -0.374. The van der Waals surface area contributed by atoms with E-state index in [1.165, 1.54) is 0 Å². The van der Waals surface area contributed by atoms with Gasteiger partial charge in [-0.1, -0.05) is 6.58 Å². The average molecular weight is 244 g/mol. The van der Waals surface area contributed by atoms with Crippen LogP contribution in [0.15, 0.2) is 12.7 Å². The number of fused-ring (bicyclic) bond motifs is 1.